The summed E-state index contributed by atoms with van der Waals surface area (Å²) in [5.41, 5.74) is 4.29. The summed E-state index contributed by atoms with van der Waals surface area (Å²) in [7, 11) is 2.03. The largest absolute Gasteiger partial charge is 0.355 e. The van der Waals surface area contributed by atoms with E-state index in [1.54, 1.807) is 12.3 Å². The molecule has 0 radical (unpaired) electrons. The molecule has 1 saturated heterocycles. The van der Waals surface area contributed by atoms with Gasteiger partial charge in [0.1, 0.15) is 5.82 Å². The van der Waals surface area contributed by atoms with Gasteiger partial charge in [-0.05, 0) is 58.3 Å². The number of imide groups is 1. The molecule has 29 heavy (non-hydrogen) atoms. The zero-order valence-corrected chi connectivity index (χ0v) is 16.6. The average molecular weight is 401 g/mol. The first-order chi connectivity index (χ1) is 14.1. The fourth-order valence-corrected chi connectivity index (χ4v) is 3.81. The number of hydrogen-bond acceptors (Lipinski definition) is 5. The van der Waals surface area contributed by atoms with Crippen molar-refractivity contribution >= 4 is 34.8 Å². The molecule has 0 spiro atoms. The van der Waals surface area contributed by atoms with Crippen molar-refractivity contribution in [3.05, 3.63) is 89.0 Å². The molecule has 0 aliphatic carbocycles. The van der Waals surface area contributed by atoms with Gasteiger partial charge in [-0.2, -0.15) is 0 Å². The van der Waals surface area contributed by atoms with Crippen LogP contribution >= 0.6 is 11.8 Å². The standard InChI is InChI=1S/C23H19N3O2S/c1-26(21-7-2-3-12-24-21)15-17-5-4-6-19(13-17)18-10-8-16(9-11-18)14-20-22(27)25-23(28)29-20/h2-14H,15H2,1H3,(H,25,27,28)/b20-14-. The molecule has 1 aliphatic heterocycles. The molecule has 1 N–H and O–H groups in total. The Morgan fingerprint density at radius 2 is 1.83 bits per heavy atom. The molecule has 6 heteroatoms. The van der Waals surface area contributed by atoms with Crippen LogP contribution in [0.15, 0.2) is 77.8 Å². The van der Waals surface area contributed by atoms with E-state index in [2.05, 4.69) is 39.5 Å². The molecule has 2 amide bonds. The number of nitrogens with zero attached hydrogens (tertiary/aromatic N) is 2. The van der Waals surface area contributed by atoms with Crippen molar-refractivity contribution in [1.29, 1.82) is 0 Å². The monoisotopic (exact) mass is 401 g/mol. The molecule has 0 saturated carbocycles. The third-order valence-corrected chi connectivity index (χ3v) is 5.38. The minimum atomic E-state index is -0.339. The number of thioether (sulfide) groups is 1. The second kappa shape index (κ2) is 8.32. The highest BCUT2D eigenvalue weighted by molar-refractivity contribution is 8.18. The van der Waals surface area contributed by atoms with Crippen molar-refractivity contribution in [2.45, 2.75) is 6.54 Å². The van der Waals surface area contributed by atoms with Crippen LogP contribution in [0.3, 0.4) is 0 Å². The average Bonchev–Trinajstić information content (AvgIpc) is 3.06. The van der Waals surface area contributed by atoms with Crippen molar-refractivity contribution in [3.8, 4) is 11.1 Å². The van der Waals surface area contributed by atoms with Gasteiger partial charge in [0.15, 0.2) is 0 Å². The van der Waals surface area contributed by atoms with E-state index >= 15 is 0 Å². The second-order valence-corrected chi connectivity index (χ2v) is 7.73. The van der Waals surface area contributed by atoms with Crippen molar-refractivity contribution < 1.29 is 9.59 Å². The molecule has 1 aliphatic rings. The van der Waals surface area contributed by atoms with Crippen LogP contribution in [0.4, 0.5) is 10.6 Å². The normalized spacial score (nSPS) is 14.9. The summed E-state index contributed by atoms with van der Waals surface area (Å²) in [6, 6.07) is 22.2. The van der Waals surface area contributed by atoms with E-state index in [0.717, 1.165) is 40.8 Å². The topological polar surface area (TPSA) is 62.3 Å². The lowest BCUT2D eigenvalue weighted by atomic mass is 10.0. The first-order valence-corrected chi connectivity index (χ1v) is 9.96. The highest BCUT2D eigenvalue weighted by atomic mass is 32.2. The summed E-state index contributed by atoms with van der Waals surface area (Å²) in [6.07, 6.45) is 3.52. The third kappa shape index (κ3) is 4.55. The Kier molecular flexibility index (Phi) is 5.44. The van der Waals surface area contributed by atoms with Gasteiger partial charge in [0, 0.05) is 19.8 Å². The number of aromatic nitrogens is 1. The lowest BCUT2D eigenvalue weighted by Gasteiger charge is -2.18. The maximum atomic E-state index is 11.7. The van der Waals surface area contributed by atoms with E-state index in [9.17, 15) is 9.59 Å². The number of amides is 2. The second-order valence-electron chi connectivity index (χ2n) is 6.72. The van der Waals surface area contributed by atoms with Gasteiger partial charge < -0.3 is 4.90 Å². The number of hydrogen-bond donors (Lipinski definition) is 1. The van der Waals surface area contributed by atoms with Crippen LogP contribution in [-0.2, 0) is 11.3 Å². The quantitative estimate of drug-likeness (QED) is 0.628. The molecule has 2 aromatic carbocycles. The maximum absolute atomic E-state index is 11.7. The minimum absolute atomic E-state index is 0.328. The predicted octanol–water partition coefficient (Wildman–Crippen LogP) is 4.71. The number of benzene rings is 2. The van der Waals surface area contributed by atoms with Crippen molar-refractivity contribution in [2.24, 2.45) is 0 Å². The van der Waals surface area contributed by atoms with Gasteiger partial charge in [0.05, 0.1) is 4.91 Å². The molecule has 3 aromatic rings. The van der Waals surface area contributed by atoms with Gasteiger partial charge >= 0.3 is 0 Å². The van der Waals surface area contributed by atoms with Crippen LogP contribution in [0.2, 0.25) is 0 Å². The third-order valence-electron chi connectivity index (χ3n) is 4.57. The first-order valence-electron chi connectivity index (χ1n) is 9.15. The number of nitrogens with one attached hydrogen (secondary N) is 1. The molecule has 1 aromatic heterocycles. The fraction of sp³-hybridized carbons (Fsp3) is 0.0870. The molecule has 4 rings (SSSR count). The van der Waals surface area contributed by atoms with Crippen molar-refractivity contribution in [3.63, 3.8) is 0 Å². The predicted molar refractivity (Wildman–Crippen MR) is 117 cm³/mol. The fourth-order valence-electron chi connectivity index (χ4n) is 3.13. The molecule has 2 heterocycles. The molecule has 0 atom stereocenters. The first kappa shape index (κ1) is 19.0. The van der Waals surface area contributed by atoms with E-state index in [1.165, 1.54) is 5.56 Å². The number of anilines is 1. The van der Waals surface area contributed by atoms with Crippen LogP contribution in [0.5, 0.6) is 0 Å². The molecule has 0 unspecified atom stereocenters. The Hall–Kier alpha value is -3.38. The number of carbonyl (C=O) groups is 2. The molecular weight excluding hydrogens is 382 g/mol. The highest BCUT2D eigenvalue weighted by Gasteiger charge is 2.24. The van der Waals surface area contributed by atoms with E-state index in [1.807, 2.05) is 49.5 Å². The van der Waals surface area contributed by atoms with Crippen molar-refractivity contribution in [1.82, 2.24) is 10.3 Å². The van der Waals surface area contributed by atoms with E-state index in [0.29, 0.717) is 4.91 Å². The maximum Gasteiger partial charge on any atom is 0.290 e. The van der Waals surface area contributed by atoms with Crippen molar-refractivity contribution in [2.75, 3.05) is 11.9 Å². The Bertz CT molecular complexity index is 1080. The van der Waals surface area contributed by atoms with Gasteiger partial charge in [-0.15, -0.1) is 0 Å². The van der Waals surface area contributed by atoms with Gasteiger partial charge in [0.2, 0.25) is 0 Å². The van der Waals surface area contributed by atoms with Crippen LogP contribution in [-0.4, -0.2) is 23.2 Å². The zero-order chi connectivity index (χ0) is 20.2. The van der Waals surface area contributed by atoms with Crippen LogP contribution < -0.4 is 10.2 Å². The molecule has 0 bridgehead atoms. The Morgan fingerprint density at radius 1 is 1.00 bits per heavy atom. The summed E-state index contributed by atoms with van der Waals surface area (Å²) in [6.45, 7) is 0.759. The SMILES string of the molecule is CN(Cc1cccc(-c2ccc(/C=C3\SC(=O)NC3=O)cc2)c1)c1ccccn1. The van der Waals surface area contributed by atoms with E-state index in [-0.39, 0.29) is 11.1 Å². The smallest absolute Gasteiger partial charge is 0.290 e. The Morgan fingerprint density at radius 3 is 2.52 bits per heavy atom. The summed E-state index contributed by atoms with van der Waals surface area (Å²) in [4.78, 5) is 29.9. The minimum Gasteiger partial charge on any atom is -0.355 e. The van der Waals surface area contributed by atoms with Gasteiger partial charge in [-0.25, -0.2) is 4.98 Å². The summed E-state index contributed by atoms with van der Waals surface area (Å²) >= 11 is 0.927. The number of carbonyl (C=O) groups excluding carboxylic acids is 2. The summed E-state index contributed by atoms with van der Waals surface area (Å²) in [5.74, 6) is 0.594. The molecule has 1 fully saturated rings. The van der Waals surface area contributed by atoms with E-state index < -0.39 is 0 Å². The summed E-state index contributed by atoms with van der Waals surface area (Å²) < 4.78 is 0. The van der Waals surface area contributed by atoms with Gasteiger partial charge in [0.25, 0.3) is 11.1 Å². The molecule has 144 valence electrons. The lowest BCUT2D eigenvalue weighted by Crippen LogP contribution is -2.17. The molecular formula is C23H19N3O2S. The van der Waals surface area contributed by atoms with Crippen LogP contribution in [0.1, 0.15) is 11.1 Å². The Balaban J connectivity index is 1.50. The molecule has 5 nitrogen and oxygen atoms in total. The van der Waals surface area contributed by atoms with Crippen LogP contribution in [0.25, 0.3) is 17.2 Å². The lowest BCUT2D eigenvalue weighted by molar-refractivity contribution is -0.115. The van der Waals surface area contributed by atoms with Gasteiger partial charge in [-0.1, -0.05) is 48.5 Å². The van der Waals surface area contributed by atoms with E-state index in [4.69, 9.17) is 0 Å². The van der Waals surface area contributed by atoms with Gasteiger partial charge in [-0.3, -0.25) is 14.9 Å². The number of rotatable bonds is 5. The Labute approximate surface area is 173 Å². The highest BCUT2D eigenvalue weighted by Crippen LogP contribution is 2.27. The summed E-state index contributed by atoms with van der Waals surface area (Å²) in [5, 5.41) is 1.94. The number of pyridine rings is 1. The zero-order valence-electron chi connectivity index (χ0n) is 15.8. The van der Waals surface area contributed by atoms with Crippen LogP contribution in [0, 0.1) is 0 Å².